The molecular formula is C23H18ClF2NO6. The van der Waals surface area contributed by atoms with Gasteiger partial charge in [0, 0.05) is 10.8 Å². The van der Waals surface area contributed by atoms with Gasteiger partial charge in [-0.15, -0.1) is 0 Å². The first-order valence-corrected chi connectivity index (χ1v) is 10.3. The Hall–Kier alpha value is -3.43. The first-order valence-electron chi connectivity index (χ1n) is 9.92. The van der Waals surface area contributed by atoms with Crippen LogP contribution < -0.4 is 14.4 Å². The van der Waals surface area contributed by atoms with E-state index in [1.54, 1.807) is 25.1 Å². The average Bonchev–Trinajstić information content (AvgIpc) is 3.00. The van der Waals surface area contributed by atoms with Gasteiger partial charge < -0.3 is 19.7 Å². The van der Waals surface area contributed by atoms with E-state index < -0.39 is 24.7 Å². The van der Waals surface area contributed by atoms with Crippen molar-refractivity contribution in [3.8, 4) is 11.5 Å². The van der Waals surface area contributed by atoms with Crippen LogP contribution in [0.5, 0.6) is 11.5 Å². The number of anilines is 1. The molecule has 0 bridgehead atoms. The number of aliphatic carboxylic acids is 1. The molecule has 2 N–H and O–H groups in total. The fourth-order valence-corrected chi connectivity index (χ4v) is 4.29. The number of fused-ring (bicyclic) bond motifs is 2. The van der Waals surface area contributed by atoms with Gasteiger partial charge >= 0.3 is 12.6 Å². The summed E-state index contributed by atoms with van der Waals surface area (Å²) >= 11 is 6.32. The molecule has 0 fully saturated rings. The van der Waals surface area contributed by atoms with Crippen LogP contribution in [0.1, 0.15) is 34.6 Å². The minimum absolute atomic E-state index is 0.00722. The molecule has 1 heterocycles. The number of aliphatic hydroxyl groups excluding tert-OH is 1. The zero-order valence-electron chi connectivity index (χ0n) is 17.2. The number of rotatable bonds is 7. The van der Waals surface area contributed by atoms with Crippen molar-refractivity contribution < 1.29 is 38.1 Å². The summed E-state index contributed by atoms with van der Waals surface area (Å²) < 4.78 is 37.1. The summed E-state index contributed by atoms with van der Waals surface area (Å²) in [7, 11) is 0. The van der Waals surface area contributed by atoms with Crippen LogP contribution in [0.4, 0.5) is 14.5 Å². The Bertz CT molecular complexity index is 1270. The highest BCUT2D eigenvalue weighted by Gasteiger charge is 2.44. The highest BCUT2D eigenvalue weighted by atomic mass is 35.5. The lowest BCUT2D eigenvalue weighted by atomic mass is 9.98. The van der Waals surface area contributed by atoms with Crippen molar-refractivity contribution in [3.05, 3.63) is 64.2 Å². The number of carboxylic acids is 1. The number of hydrogen-bond acceptors (Lipinski definition) is 5. The minimum Gasteiger partial charge on any atom is -0.493 e. The topological polar surface area (TPSA) is 96.3 Å². The number of aliphatic hydroxyl groups is 1. The number of alkyl halides is 2. The maximum Gasteiger partial charge on any atom is 0.387 e. The number of nitrogens with zero attached hydrogens (tertiary/aromatic N) is 1. The van der Waals surface area contributed by atoms with Gasteiger partial charge in [0.1, 0.15) is 11.5 Å². The first kappa shape index (κ1) is 22.8. The van der Waals surface area contributed by atoms with Gasteiger partial charge in [-0.05, 0) is 24.6 Å². The lowest BCUT2D eigenvalue weighted by Crippen LogP contribution is -2.28. The zero-order chi connectivity index (χ0) is 23.9. The fourth-order valence-electron chi connectivity index (χ4n) is 4.00. The number of ether oxygens (including phenoxy) is 2. The number of carbonyl (C=O) groups is 2. The molecular weight excluding hydrogens is 460 g/mol. The Balaban J connectivity index is 1.94. The maximum absolute atomic E-state index is 13.5. The molecule has 4 rings (SSSR count). The number of halogens is 3. The molecule has 0 saturated carbocycles. The number of benzene rings is 3. The molecule has 33 heavy (non-hydrogen) atoms. The van der Waals surface area contributed by atoms with E-state index in [1.807, 2.05) is 0 Å². The molecule has 0 aromatic heterocycles. The molecule has 0 radical (unpaired) electrons. The molecule has 1 aliphatic heterocycles. The predicted octanol–water partition coefficient (Wildman–Crippen LogP) is 4.77. The Morgan fingerprint density at radius 1 is 1.18 bits per heavy atom. The monoisotopic (exact) mass is 477 g/mol. The summed E-state index contributed by atoms with van der Waals surface area (Å²) in [6.45, 7) is -1.31. The van der Waals surface area contributed by atoms with Crippen molar-refractivity contribution in [1.82, 2.24) is 0 Å². The van der Waals surface area contributed by atoms with Gasteiger partial charge in [-0.1, -0.05) is 41.9 Å². The van der Waals surface area contributed by atoms with E-state index in [0.29, 0.717) is 10.9 Å². The van der Waals surface area contributed by atoms with Gasteiger partial charge in [0.15, 0.2) is 6.23 Å². The van der Waals surface area contributed by atoms with Crippen molar-refractivity contribution >= 4 is 39.9 Å². The molecule has 10 heteroatoms. The standard InChI is InChI=1S/C23H18ClF2NO6/c1-2-32-19-12-5-3-4-6-13(12)20(33-23(25)26)18-17(19)21(30)27(22(18)31)15-8-7-11(9-14(15)24)10-16(28)29/h3-9,21,23,30H,2,10H2,1H3,(H,28,29). The molecule has 3 aromatic rings. The third-order valence-corrected chi connectivity index (χ3v) is 5.52. The number of carboxylic acid groups (broad SMARTS) is 1. The summed E-state index contributed by atoms with van der Waals surface area (Å²) in [5.74, 6) is -2.08. The molecule has 1 amide bonds. The predicted molar refractivity (Wildman–Crippen MR) is 116 cm³/mol. The molecule has 7 nitrogen and oxygen atoms in total. The second kappa shape index (κ2) is 8.84. The number of amides is 1. The molecule has 0 aliphatic carbocycles. The van der Waals surface area contributed by atoms with Crippen molar-refractivity contribution in [2.75, 3.05) is 11.5 Å². The third-order valence-electron chi connectivity index (χ3n) is 5.22. The molecule has 172 valence electrons. The van der Waals surface area contributed by atoms with Crippen LogP contribution in [0, 0.1) is 0 Å². The second-order valence-corrected chi connectivity index (χ2v) is 7.62. The third kappa shape index (κ3) is 3.94. The summed E-state index contributed by atoms with van der Waals surface area (Å²) in [5.41, 5.74) is 0.198. The molecule has 1 aliphatic rings. The van der Waals surface area contributed by atoms with Crippen molar-refractivity contribution in [3.63, 3.8) is 0 Å². The summed E-state index contributed by atoms with van der Waals surface area (Å²) in [5, 5.41) is 20.8. The van der Waals surface area contributed by atoms with Crippen LogP contribution in [0.3, 0.4) is 0 Å². The lowest BCUT2D eigenvalue weighted by Gasteiger charge is -2.23. The van der Waals surface area contributed by atoms with Crippen LogP contribution >= 0.6 is 11.6 Å². The van der Waals surface area contributed by atoms with Crippen molar-refractivity contribution in [1.29, 1.82) is 0 Å². The minimum atomic E-state index is -3.21. The van der Waals surface area contributed by atoms with Gasteiger partial charge in [-0.25, -0.2) is 0 Å². The second-order valence-electron chi connectivity index (χ2n) is 7.21. The van der Waals surface area contributed by atoms with Gasteiger partial charge in [0.25, 0.3) is 5.91 Å². The van der Waals surface area contributed by atoms with Crippen LogP contribution in [0.2, 0.25) is 5.02 Å². The van der Waals surface area contributed by atoms with Crippen LogP contribution in [0.15, 0.2) is 42.5 Å². The van der Waals surface area contributed by atoms with E-state index in [4.69, 9.17) is 26.2 Å². The summed E-state index contributed by atoms with van der Waals surface area (Å²) in [4.78, 5) is 25.4. The summed E-state index contributed by atoms with van der Waals surface area (Å²) in [6.07, 6.45) is -1.90. The molecule has 3 aromatic carbocycles. The highest BCUT2D eigenvalue weighted by molar-refractivity contribution is 6.34. The average molecular weight is 478 g/mol. The molecule has 1 unspecified atom stereocenters. The van der Waals surface area contributed by atoms with Crippen molar-refractivity contribution in [2.45, 2.75) is 26.2 Å². The van der Waals surface area contributed by atoms with E-state index >= 15 is 0 Å². The van der Waals surface area contributed by atoms with E-state index in [0.717, 1.165) is 4.90 Å². The maximum atomic E-state index is 13.5. The van der Waals surface area contributed by atoms with E-state index in [-0.39, 0.29) is 51.7 Å². The fraction of sp³-hybridized carbons (Fsp3) is 0.217. The number of carbonyl (C=O) groups excluding carboxylic acids is 1. The Labute approximate surface area is 191 Å². The van der Waals surface area contributed by atoms with Crippen LogP contribution in [0.25, 0.3) is 10.8 Å². The van der Waals surface area contributed by atoms with Gasteiger partial charge in [-0.3, -0.25) is 14.5 Å². The Morgan fingerprint density at radius 3 is 2.42 bits per heavy atom. The smallest absolute Gasteiger partial charge is 0.387 e. The SMILES string of the molecule is CCOc1c2c(c(OC(F)F)c3ccccc13)C(=O)N(c1ccc(CC(=O)O)cc1Cl)C2O. The molecule has 0 saturated heterocycles. The molecule has 1 atom stereocenters. The van der Waals surface area contributed by atoms with Gasteiger partial charge in [0.05, 0.1) is 34.9 Å². The lowest BCUT2D eigenvalue weighted by molar-refractivity contribution is -0.136. The van der Waals surface area contributed by atoms with Crippen molar-refractivity contribution in [2.24, 2.45) is 0 Å². The number of hydrogen-bond donors (Lipinski definition) is 2. The van der Waals surface area contributed by atoms with E-state index in [9.17, 15) is 23.5 Å². The van der Waals surface area contributed by atoms with E-state index in [2.05, 4.69) is 0 Å². The Morgan fingerprint density at radius 2 is 1.85 bits per heavy atom. The zero-order valence-corrected chi connectivity index (χ0v) is 18.0. The quantitative estimate of drug-likeness (QED) is 0.509. The highest BCUT2D eigenvalue weighted by Crippen LogP contribution is 2.51. The van der Waals surface area contributed by atoms with E-state index in [1.165, 1.54) is 24.3 Å². The summed E-state index contributed by atoms with van der Waals surface area (Å²) in [6, 6.07) is 10.6. The normalized spacial score (nSPS) is 15.3. The molecule has 0 spiro atoms. The van der Waals surface area contributed by atoms with Crippen LogP contribution in [-0.2, 0) is 11.2 Å². The first-order chi connectivity index (χ1) is 15.7. The largest absolute Gasteiger partial charge is 0.493 e. The van der Waals surface area contributed by atoms with Gasteiger partial charge in [-0.2, -0.15) is 8.78 Å². The Kier molecular flexibility index (Phi) is 6.09. The van der Waals surface area contributed by atoms with Gasteiger partial charge in [0.2, 0.25) is 0 Å². The van der Waals surface area contributed by atoms with Crippen LogP contribution in [-0.4, -0.2) is 35.3 Å².